The van der Waals surface area contributed by atoms with Crippen molar-refractivity contribution in [2.24, 2.45) is 11.7 Å². The molecule has 98 valence electrons. The zero-order valence-electron chi connectivity index (χ0n) is 10.9. The fourth-order valence-corrected chi connectivity index (χ4v) is 2.57. The number of ether oxygens (including phenoxy) is 1. The summed E-state index contributed by atoms with van der Waals surface area (Å²) >= 11 is 0. The maximum atomic E-state index is 12.5. The molecule has 0 radical (unpaired) electrons. The van der Waals surface area contributed by atoms with E-state index in [1.807, 2.05) is 4.90 Å². The first-order valence-electron chi connectivity index (χ1n) is 6.67. The molecule has 0 spiro atoms. The molecule has 0 aliphatic heterocycles. The van der Waals surface area contributed by atoms with Gasteiger partial charge >= 0.3 is 0 Å². The molecule has 1 amide bonds. The molecular formula is C13H24N2O2. The third kappa shape index (κ3) is 2.63. The van der Waals surface area contributed by atoms with E-state index in [9.17, 15) is 4.79 Å². The van der Waals surface area contributed by atoms with Gasteiger partial charge in [0.25, 0.3) is 0 Å². The maximum absolute atomic E-state index is 12.5. The Labute approximate surface area is 103 Å². The minimum Gasteiger partial charge on any atom is -0.383 e. The van der Waals surface area contributed by atoms with E-state index >= 15 is 0 Å². The topological polar surface area (TPSA) is 55.6 Å². The highest BCUT2D eigenvalue weighted by Gasteiger charge is 2.45. The van der Waals surface area contributed by atoms with E-state index in [1.54, 1.807) is 7.11 Å². The van der Waals surface area contributed by atoms with Gasteiger partial charge in [0.05, 0.1) is 12.1 Å². The molecule has 2 aliphatic rings. The van der Waals surface area contributed by atoms with Crippen LogP contribution in [0.4, 0.5) is 0 Å². The van der Waals surface area contributed by atoms with Crippen molar-refractivity contribution in [1.82, 2.24) is 4.90 Å². The second-order valence-electron chi connectivity index (χ2n) is 5.58. The second kappa shape index (κ2) is 4.94. The van der Waals surface area contributed by atoms with Crippen LogP contribution in [0, 0.1) is 5.92 Å². The number of amides is 1. The molecule has 0 saturated heterocycles. The smallest absolute Gasteiger partial charge is 0.242 e. The van der Waals surface area contributed by atoms with E-state index in [1.165, 1.54) is 12.8 Å². The highest BCUT2D eigenvalue weighted by atomic mass is 16.5. The van der Waals surface area contributed by atoms with Crippen LogP contribution in [0.1, 0.15) is 39.0 Å². The van der Waals surface area contributed by atoms with Crippen LogP contribution in [0.15, 0.2) is 0 Å². The molecule has 0 heterocycles. The van der Waals surface area contributed by atoms with Crippen LogP contribution in [0.5, 0.6) is 0 Å². The molecule has 0 aromatic carbocycles. The normalized spacial score (nSPS) is 23.9. The van der Waals surface area contributed by atoms with E-state index in [2.05, 4.69) is 6.92 Å². The summed E-state index contributed by atoms with van der Waals surface area (Å²) in [4.78, 5) is 14.4. The Morgan fingerprint density at radius 3 is 2.59 bits per heavy atom. The molecule has 2 rings (SSSR count). The average molecular weight is 240 g/mol. The van der Waals surface area contributed by atoms with Gasteiger partial charge in [-0.05, 0) is 44.9 Å². The fraction of sp³-hybridized carbons (Fsp3) is 0.923. The predicted molar refractivity (Wildman–Crippen MR) is 66.5 cm³/mol. The van der Waals surface area contributed by atoms with E-state index in [0.717, 1.165) is 19.3 Å². The average Bonchev–Trinajstić information content (AvgIpc) is 3.09. The van der Waals surface area contributed by atoms with Crippen molar-refractivity contribution >= 4 is 5.91 Å². The van der Waals surface area contributed by atoms with Crippen molar-refractivity contribution in [3.63, 3.8) is 0 Å². The molecule has 4 nitrogen and oxygen atoms in total. The summed E-state index contributed by atoms with van der Waals surface area (Å²) < 4.78 is 5.10. The van der Waals surface area contributed by atoms with Gasteiger partial charge in [-0.15, -0.1) is 0 Å². The van der Waals surface area contributed by atoms with Crippen molar-refractivity contribution in [3.8, 4) is 0 Å². The summed E-state index contributed by atoms with van der Waals surface area (Å²) in [6, 6.07) is 0.318. The van der Waals surface area contributed by atoms with Crippen LogP contribution in [0.25, 0.3) is 0 Å². The highest BCUT2D eigenvalue weighted by molar-refractivity contribution is 5.87. The van der Waals surface area contributed by atoms with Crippen LogP contribution in [-0.4, -0.2) is 42.6 Å². The molecule has 2 aliphatic carbocycles. The third-order valence-electron chi connectivity index (χ3n) is 4.26. The molecule has 0 aromatic rings. The van der Waals surface area contributed by atoms with Gasteiger partial charge in [0.1, 0.15) is 0 Å². The molecule has 17 heavy (non-hydrogen) atoms. The van der Waals surface area contributed by atoms with Crippen LogP contribution >= 0.6 is 0 Å². The zero-order chi connectivity index (χ0) is 12.5. The fourth-order valence-electron chi connectivity index (χ4n) is 2.57. The van der Waals surface area contributed by atoms with Crippen molar-refractivity contribution in [3.05, 3.63) is 0 Å². The van der Waals surface area contributed by atoms with Crippen LogP contribution < -0.4 is 5.73 Å². The van der Waals surface area contributed by atoms with Gasteiger partial charge in [-0.2, -0.15) is 0 Å². The summed E-state index contributed by atoms with van der Waals surface area (Å²) in [6.07, 6.45) is 5.25. The molecule has 0 bridgehead atoms. The largest absolute Gasteiger partial charge is 0.383 e. The summed E-state index contributed by atoms with van der Waals surface area (Å²) in [7, 11) is 1.67. The monoisotopic (exact) mass is 240 g/mol. The number of hydrogen-bond acceptors (Lipinski definition) is 3. The summed E-state index contributed by atoms with van der Waals surface area (Å²) in [5.74, 6) is 0.819. The number of carbonyl (C=O) groups is 1. The van der Waals surface area contributed by atoms with Gasteiger partial charge in [0, 0.05) is 19.7 Å². The van der Waals surface area contributed by atoms with Crippen LogP contribution in [0.2, 0.25) is 0 Å². The number of methoxy groups -OCH3 is 1. The lowest BCUT2D eigenvalue weighted by atomic mass is 9.76. The summed E-state index contributed by atoms with van der Waals surface area (Å²) in [5.41, 5.74) is 5.57. The maximum Gasteiger partial charge on any atom is 0.242 e. The van der Waals surface area contributed by atoms with Gasteiger partial charge in [-0.25, -0.2) is 0 Å². The summed E-state index contributed by atoms with van der Waals surface area (Å²) in [6.45, 7) is 3.41. The van der Waals surface area contributed by atoms with E-state index in [4.69, 9.17) is 10.5 Å². The Balaban J connectivity index is 2.00. The van der Waals surface area contributed by atoms with Crippen molar-refractivity contribution in [2.45, 2.75) is 50.6 Å². The molecule has 0 aromatic heterocycles. The van der Waals surface area contributed by atoms with E-state index < -0.39 is 5.54 Å². The van der Waals surface area contributed by atoms with Gasteiger partial charge in [0.15, 0.2) is 0 Å². The second-order valence-corrected chi connectivity index (χ2v) is 5.58. The minimum atomic E-state index is -0.573. The lowest BCUT2D eigenvalue weighted by molar-refractivity contribution is -0.143. The Morgan fingerprint density at radius 1 is 1.53 bits per heavy atom. The molecule has 1 unspecified atom stereocenters. The third-order valence-corrected chi connectivity index (χ3v) is 4.26. The molecule has 4 heteroatoms. The lowest BCUT2D eigenvalue weighted by Crippen LogP contribution is -2.61. The van der Waals surface area contributed by atoms with Gasteiger partial charge in [0.2, 0.25) is 5.91 Å². The molecule has 2 fully saturated rings. The zero-order valence-corrected chi connectivity index (χ0v) is 10.9. The number of nitrogens with zero attached hydrogens (tertiary/aromatic N) is 1. The first-order chi connectivity index (χ1) is 8.08. The van der Waals surface area contributed by atoms with Gasteiger partial charge in [-0.1, -0.05) is 0 Å². The van der Waals surface area contributed by atoms with Gasteiger partial charge < -0.3 is 15.4 Å². The highest BCUT2D eigenvalue weighted by Crippen LogP contribution is 2.38. The Morgan fingerprint density at radius 2 is 2.18 bits per heavy atom. The van der Waals surface area contributed by atoms with E-state index in [-0.39, 0.29) is 5.91 Å². The molecule has 2 N–H and O–H groups in total. The summed E-state index contributed by atoms with van der Waals surface area (Å²) in [5, 5.41) is 0. The van der Waals surface area contributed by atoms with E-state index in [0.29, 0.717) is 25.1 Å². The number of carbonyl (C=O) groups excluding carboxylic acids is 1. The Hall–Kier alpha value is -0.610. The molecule has 2 saturated carbocycles. The Bertz CT molecular complexity index is 285. The van der Waals surface area contributed by atoms with Crippen molar-refractivity contribution in [1.29, 1.82) is 0 Å². The van der Waals surface area contributed by atoms with Crippen molar-refractivity contribution < 1.29 is 9.53 Å². The van der Waals surface area contributed by atoms with Crippen LogP contribution in [-0.2, 0) is 9.53 Å². The predicted octanol–water partition coefficient (Wildman–Crippen LogP) is 1.14. The molecular weight excluding hydrogens is 216 g/mol. The SMILES string of the molecule is COCCN(C(=O)C1(N)CCC1)C(C)C1CC1. The number of rotatable bonds is 6. The minimum absolute atomic E-state index is 0.139. The van der Waals surface area contributed by atoms with Crippen LogP contribution in [0.3, 0.4) is 0 Å². The number of nitrogens with two attached hydrogens (primary N) is 1. The first kappa shape index (κ1) is 12.8. The molecule has 1 atom stereocenters. The lowest BCUT2D eigenvalue weighted by Gasteiger charge is -2.42. The van der Waals surface area contributed by atoms with Crippen molar-refractivity contribution in [2.75, 3.05) is 20.3 Å². The first-order valence-corrected chi connectivity index (χ1v) is 6.67. The Kier molecular flexibility index (Phi) is 3.73. The quantitative estimate of drug-likeness (QED) is 0.757. The number of hydrogen-bond donors (Lipinski definition) is 1. The standard InChI is InChI=1S/C13H24N2O2/c1-10(11-4-5-11)15(8-9-17-2)12(16)13(14)6-3-7-13/h10-11H,3-9,14H2,1-2H3. The van der Waals surface area contributed by atoms with Gasteiger partial charge in [-0.3, -0.25) is 4.79 Å².